The Kier molecular flexibility index (Phi) is 6.06. The van der Waals surface area contributed by atoms with E-state index in [9.17, 15) is 30.0 Å². The monoisotopic (exact) mass is 369 g/mol. The molecule has 9 nitrogen and oxygen atoms in total. The number of aliphatic carboxylic acids is 1. The normalized spacial score (nSPS) is 28.4. The number of carbonyl (C=O) groups is 2. The summed E-state index contributed by atoms with van der Waals surface area (Å²) in [6.07, 6.45) is -3.40. The Morgan fingerprint density at radius 2 is 2.00 bits per heavy atom. The molecule has 144 valence electrons. The third-order valence-corrected chi connectivity index (χ3v) is 4.54. The molecular weight excluding hydrogens is 346 g/mol. The van der Waals surface area contributed by atoms with Crippen molar-refractivity contribution < 1.29 is 39.9 Å². The van der Waals surface area contributed by atoms with Crippen molar-refractivity contribution >= 4 is 11.9 Å². The van der Waals surface area contributed by atoms with Crippen molar-refractivity contribution in [1.29, 1.82) is 0 Å². The Morgan fingerprint density at radius 1 is 1.31 bits per heavy atom. The number of rotatable bonds is 6. The minimum atomic E-state index is -2.21. The molecule has 2 rings (SSSR count). The van der Waals surface area contributed by atoms with Crippen molar-refractivity contribution in [3.63, 3.8) is 0 Å². The van der Waals surface area contributed by atoms with Gasteiger partial charge in [0, 0.05) is 19.3 Å². The smallest absolute Gasteiger partial charge is 0.335 e. The van der Waals surface area contributed by atoms with Crippen LogP contribution in [0, 0.1) is 0 Å². The molecule has 0 aromatic heterocycles. The van der Waals surface area contributed by atoms with Crippen molar-refractivity contribution in [1.82, 2.24) is 5.32 Å². The van der Waals surface area contributed by atoms with E-state index in [-0.39, 0.29) is 17.9 Å². The number of aliphatic hydroxyl groups excluding tert-OH is 2. The quantitative estimate of drug-likeness (QED) is 0.379. The van der Waals surface area contributed by atoms with Crippen LogP contribution in [0.25, 0.3) is 0 Å². The summed E-state index contributed by atoms with van der Waals surface area (Å²) in [5, 5.41) is 50.9. The Balaban J connectivity index is 1.97. The van der Waals surface area contributed by atoms with Crippen LogP contribution >= 0.6 is 0 Å². The summed E-state index contributed by atoms with van der Waals surface area (Å²) in [6.45, 7) is 0. The van der Waals surface area contributed by atoms with E-state index in [1.165, 1.54) is 13.2 Å². The molecule has 0 heterocycles. The van der Waals surface area contributed by atoms with Gasteiger partial charge in [-0.3, -0.25) is 4.79 Å². The lowest BCUT2D eigenvalue weighted by Crippen LogP contribution is -2.61. The second kappa shape index (κ2) is 7.90. The van der Waals surface area contributed by atoms with E-state index in [1.54, 1.807) is 12.1 Å². The molecule has 0 saturated heterocycles. The lowest BCUT2D eigenvalue weighted by Gasteiger charge is -2.40. The summed E-state index contributed by atoms with van der Waals surface area (Å²) in [5.74, 6) is -1.73. The van der Waals surface area contributed by atoms with E-state index in [1.807, 2.05) is 0 Å². The maximum Gasteiger partial charge on any atom is 0.335 e. The Hall–Kier alpha value is -2.36. The van der Waals surface area contributed by atoms with Gasteiger partial charge in [0.15, 0.2) is 17.1 Å². The van der Waals surface area contributed by atoms with Crippen LogP contribution < -0.4 is 10.1 Å². The molecule has 1 aliphatic carbocycles. The number of ether oxygens (including phenoxy) is 1. The first kappa shape index (κ1) is 20.0. The predicted octanol–water partition coefficient (Wildman–Crippen LogP) is -0.850. The van der Waals surface area contributed by atoms with Gasteiger partial charge in [-0.05, 0) is 24.1 Å². The summed E-state index contributed by atoms with van der Waals surface area (Å²) in [5.41, 5.74) is -1.47. The van der Waals surface area contributed by atoms with Crippen molar-refractivity contribution in [2.75, 3.05) is 7.11 Å². The summed E-state index contributed by atoms with van der Waals surface area (Å²) >= 11 is 0. The van der Waals surface area contributed by atoms with Crippen molar-refractivity contribution in [2.45, 2.75) is 49.5 Å². The van der Waals surface area contributed by atoms with Crippen molar-refractivity contribution in [3.8, 4) is 11.5 Å². The number of aliphatic hydroxyl groups is 3. The van der Waals surface area contributed by atoms with E-state index < -0.39 is 48.6 Å². The molecule has 1 aromatic carbocycles. The number of amides is 1. The highest BCUT2D eigenvalue weighted by atomic mass is 16.5. The van der Waals surface area contributed by atoms with Gasteiger partial charge >= 0.3 is 5.97 Å². The van der Waals surface area contributed by atoms with Gasteiger partial charge in [0.25, 0.3) is 0 Å². The standard InChI is InChI=1S/C17H23NO8/c1-26-13-6-9(2-4-11(13)19)3-5-14(21)18-10-7-17(25,16(23)24)8-12(20)15(10)22/h2,4,6,10,12,15,19-20,22,25H,3,5,7-8H2,1H3,(H,18,21)(H,23,24)/t10-,12+,15-,17+/m0/s1. The van der Waals surface area contributed by atoms with Gasteiger partial charge < -0.3 is 35.6 Å². The van der Waals surface area contributed by atoms with Crippen LogP contribution in [0.15, 0.2) is 18.2 Å². The first-order valence-electron chi connectivity index (χ1n) is 8.13. The van der Waals surface area contributed by atoms with E-state index >= 15 is 0 Å². The van der Waals surface area contributed by atoms with Crippen LogP contribution in [0.4, 0.5) is 0 Å². The highest BCUT2D eigenvalue weighted by Gasteiger charge is 2.49. The second-order valence-corrected chi connectivity index (χ2v) is 6.48. The minimum absolute atomic E-state index is 0.0204. The third-order valence-electron chi connectivity index (χ3n) is 4.54. The molecule has 26 heavy (non-hydrogen) atoms. The van der Waals surface area contributed by atoms with E-state index in [2.05, 4.69) is 5.32 Å². The van der Waals surface area contributed by atoms with Crippen molar-refractivity contribution in [3.05, 3.63) is 23.8 Å². The number of phenolic OH excluding ortho intramolecular Hbond substituents is 1. The molecular formula is C17H23NO8. The van der Waals surface area contributed by atoms with Gasteiger partial charge in [0.1, 0.15) is 6.10 Å². The van der Waals surface area contributed by atoms with Crippen LogP contribution in [0.3, 0.4) is 0 Å². The Morgan fingerprint density at radius 3 is 2.62 bits per heavy atom. The first-order valence-corrected chi connectivity index (χ1v) is 8.13. The topological polar surface area (TPSA) is 157 Å². The number of nitrogens with one attached hydrogen (secondary N) is 1. The van der Waals surface area contributed by atoms with Gasteiger partial charge in [-0.15, -0.1) is 0 Å². The fraction of sp³-hybridized carbons (Fsp3) is 0.529. The van der Waals surface area contributed by atoms with Crippen molar-refractivity contribution in [2.24, 2.45) is 0 Å². The molecule has 4 atom stereocenters. The second-order valence-electron chi connectivity index (χ2n) is 6.48. The van der Waals surface area contributed by atoms with Crippen LogP contribution in [-0.2, 0) is 16.0 Å². The van der Waals surface area contributed by atoms with Gasteiger partial charge in [0.05, 0.1) is 19.3 Å². The highest BCUT2D eigenvalue weighted by Crippen LogP contribution is 2.30. The summed E-state index contributed by atoms with van der Waals surface area (Å²) in [4.78, 5) is 23.3. The number of methoxy groups -OCH3 is 1. The number of phenols is 1. The number of carboxylic acids is 1. The number of hydrogen-bond acceptors (Lipinski definition) is 7. The van der Waals surface area contributed by atoms with E-state index in [0.717, 1.165) is 5.56 Å². The zero-order valence-electron chi connectivity index (χ0n) is 14.3. The lowest BCUT2D eigenvalue weighted by molar-refractivity contribution is -0.175. The molecule has 1 aliphatic rings. The summed E-state index contributed by atoms with van der Waals surface area (Å²) in [7, 11) is 1.41. The number of hydrogen-bond donors (Lipinski definition) is 6. The maximum absolute atomic E-state index is 12.1. The third kappa shape index (κ3) is 4.43. The molecule has 0 aliphatic heterocycles. The average Bonchev–Trinajstić information content (AvgIpc) is 2.58. The van der Waals surface area contributed by atoms with Crippen LogP contribution in [0.1, 0.15) is 24.8 Å². The summed E-state index contributed by atoms with van der Waals surface area (Å²) in [6, 6.07) is 3.58. The molecule has 6 N–H and O–H groups in total. The first-order chi connectivity index (χ1) is 12.2. The van der Waals surface area contributed by atoms with E-state index in [4.69, 9.17) is 9.84 Å². The maximum atomic E-state index is 12.1. The Bertz CT molecular complexity index is 679. The molecule has 1 amide bonds. The number of carbonyl (C=O) groups excluding carboxylic acids is 1. The zero-order valence-corrected chi connectivity index (χ0v) is 14.3. The molecule has 0 bridgehead atoms. The molecule has 9 heteroatoms. The fourth-order valence-corrected chi connectivity index (χ4v) is 3.03. The Labute approximate surface area is 149 Å². The fourth-order valence-electron chi connectivity index (χ4n) is 3.03. The van der Waals surface area contributed by atoms with Crippen LogP contribution in [0.2, 0.25) is 0 Å². The summed E-state index contributed by atoms with van der Waals surface area (Å²) < 4.78 is 4.99. The van der Waals surface area contributed by atoms with Gasteiger partial charge in [0.2, 0.25) is 5.91 Å². The van der Waals surface area contributed by atoms with Gasteiger partial charge in [-0.25, -0.2) is 4.79 Å². The van der Waals surface area contributed by atoms with Gasteiger partial charge in [-0.2, -0.15) is 0 Å². The highest BCUT2D eigenvalue weighted by molar-refractivity contribution is 5.79. The number of aromatic hydroxyl groups is 1. The molecule has 0 unspecified atom stereocenters. The molecule has 1 aromatic rings. The number of carboxylic acid groups (broad SMARTS) is 1. The predicted molar refractivity (Wildman–Crippen MR) is 88.7 cm³/mol. The number of aryl methyl sites for hydroxylation is 1. The zero-order chi connectivity index (χ0) is 19.5. The largest absolute Gasteiger partial charge is 0.504 e. The molecule has 0 spiro atoms. The molecule has 1 saturated carbocycles. The minimum Gasteiger partial charge on any atom is -0.504 e. The van der Waals surface area contributed by atoms with Gasteiger partial charge in [-0.1, -0.05) is 6.07 Å². The lowest BCUT2D eigenvalue weighted by atomic mass is 9.78. The SMILES string of the molecule is COc1cc(CCC(=O)N[C@H]2C[C@](O)(C(=O)O)C[C@@H](O)[C@H]2O)ccc1O. The van der Waals surface area contributed by atoms with Crippen LogP contribution in [0.5, 0.6) is 11.5 Å². The van der Waals surface area contributed by atoms with E-state index in [0.29, 0.717) is 6.42 Å². The average molecular weight is 369 g/mol. The molecule has 1 fully saturated rings. The molecule has 0 radical (unpaired) electrons. The van der Waals surface area contributed by atoms with Crippen LogP contribution in [-0.4, -0.2) is 68.4 Å². The number of benzene rings is 1.